The van der Waals surface area contributed by atoms with Crippen LogP contribution < -0.4 is 10.2 Å². The first-order valence-corrected chi connectivity index (χ1v) is 8.95. The number of β-amino-alcohol motifs (C(OH)–C–C–N with tert-alkyl or cyclic N) is 1. The summed E-state index contributed by atoms with van der Waals surface area (Å²) >= 11 is 0. The fraction of sp³-hybridized carbons (Fsp3) is 0.667. The van der Waals surface area contributed by atoms with E-state index in [1.165, 1.54) is 0 Å². The third-order valence-corrected chi connectivity index (χ3v) is 5.23. The Morgan fingerprint density at radius 1 is 1.25 bits per heavy atom. The quantitative estimate of drug-likeness (QED) is 0.866. The molecule has 2 amide bonds. The number of anilines is 1. The molecule has 24 heavy (non-hydrogen) atoms. The summed E-state index contributed by atoms with van der Waals surface area (Å²) in [5, 5.41) is 13.1. The van der Waals surface area contributed by atoms with Gasteiger partial charge in [0, 0.05) is 37.9 Å². The molecule has 2 unspecified atom stereocenters. The van der Waals surface area contributed by atoms with Crippen molar-refractivity contribution < 1.29 is 9.90 Å². The van der Waals surface area contributed by atoms with E-state index in [1.54, 1.807) is 4.90 Å². The highest BCUT2D eigenvalue weighted by Gasteiger charge is 2.29. The number of piperidine rings is 2. The summed E-state index contributed by atoms with van der Waals surface area (Å²) in [6.07, 6.45) is 2.31. The summed E-state index contributed by atoms with van der Waals surface area (Å²) in [6, 6.07) is 6.25. The van der Waals surface area contributed by atoms with Crippen LogP contribution in [-0.2, 0) is 0 Å². The number of aliphatic hydroxyl groups excluding tert-OH is 1. The summed E-state index contributed by atoms with van der Waals surface area (Å²) in [4.78, 5) is 21.0. The van der Waals surface area contributed by atoms with Crippen LogP contribution in [0.1, 0.15) is 31.9 Å². The maximum atomic E-state index is 12.4. The van der Waals surface area contributed by atoms with E-state index in [0.29, 0.717) is 6.54 Å². The Kier molecular flexibility index (Phi) is 5.23. The van der Waals surface area contributed by atoms with Crippen molar-refractivity contribution in [3.05, 3.63) is 23.9 Å². The van der Waals surface area contributed by atoms with Gasteiger partial charge in [-0.1, -0.05) is 13.0 Å². The molecule has 2 atom stereocenters. The molecule has 1 aromatic rings. The van der Waals surface area contributed by atoms with Crippen molar-refractivity contribution in [2.75, 3.05) is 31.1 Å². The summed E-state index contributed by atoms with van der Waals surface area (Å²) in [5.41, 5.74) is 1.03. The number of amides is 2. The Labute approximate surface area is 143 Å². The number of aliphatic hydroxyl groups is 1. The molecule has 3 rings (SSSR count). The van der Waals surface area contributed by atoms with E-state index in [9.17, 15) is 9.90 Å². The minimum absolute atomic E-state index is 0.0342. The van der Waals surface area contributed by atoms with Gasteiger partial charge in [0.1, 0.15) is 5.82 Å². The molecule has 2 N–H and O–H groups in total. The highest BCUT2D eigenvalue weighted by Crippen LogP contribution is 2.20. The maximum absolute atomic E-state index is 12.4. The van der Waals surface area contributed by atoms with Crippen molar-refractivity contribution in [1.82, 2.24) is 15.2 Å². The lowest BCUT2D eigenvalue weighted by atomic mass is 9.96. The number of rotatable bonds is 2. The molecule has 2 saturated heterocycles. The van der Waals surface area contributed by atoms with Crippen LogP contribution in [0.3, 0.4) is 0 Å². The second kappa shape index (κ2) is 7.38. The highest BCUT2D eigenvalue weighted by atomic mass is 16.3. The summed E-state index contributed by atoms with van der Waals surface area (Å²) in [7, 11) is 0. The Hall–Kier alpha value is -1.82. The molecule has 1 aromatic heterocycles. The number of nitrogens with one attached hydrogen (secondary N) is 1. The van der Waals surface area contributed by atoms with Gasteiger partial charge in [0.25, 0.3) is 0 Å². The third-order valence-electron chi connectivity index (χ3n) is 5.23. The fourth-order valence-electron chi connectivity index (χ4n) is 3.46. The van der Waals surface area contributed by atoms with Gasteiger partial charge in [-0.05, 0) is 44.2 Å². The molecule has 6 heteroatoms. The molecule has 0 bridgehead atoms. The summed E-state index contributed by atoms with van der Waals surface area (Å²) in [5.74, 6) is 1.30. The molecule has 0 aromatic carbocycles. The Morgan fingerprint density at radius 3 is 2.67 bits per heavy atom. The van der Waals surface area contributed by atoms with Gasteiger partial charge >= 0.3 is 6.03 Å². The number of pyridine rings is 1. The van der Waals surface area contributed by atoms with Gasteiger partial charge in [-0.25, -0.2) is 9.78 Å². The Morgan fingerprint density at radius 2 is 2.00 bits per heavy atom. The third kappa shape index (κ3) is 3.98. The van der Waals surface area contributed by atoms with Gasteiger partial charge in [-0.2, -0.15) is 0 Å². The summed E-state index contributed by atoms with van der Waals surface area (Å²) in [6.45, 7) is 7.02. The first-order valence-electron chi connectivity index (χ1n) is 8.95. The zero-order chi connectivity index (χ0) is 17.1. The number of urea groups is 1. The number of hydrogen-bond acceptors (Lipinski definition) is 4. The van der Waals surface area contributed by atoms with Crippen LogP contribution in [0.15, 0.2) is 18.2 Å². The van der Waals surface area contributed by atoms with Crippen LogP contribution in [0.5, 0.6) is 0 Å². The molecular weight excluding hydrogens is 304 g/mol. The van der Waals surface area contributed by atoms with Crippen LogP contribution in [0.4, 0.5) is 10.6 Å². The second-order valence-electron chi connectivity index (χ2n) is 7.13. The van der Waals surface area contributed by atoms with Crippen molar-refractivity contribution in [3.63, 3.8) is 0 Å². The lowest BCUT2D eigenvalue weighted by Crippen LogP contribution is -2.53. The Balaban J connectivity index is 1.48. The van der Waals surface area contributed by atoms with Crippen molar-refractivity contribution in [2.24, 2.45) is 5.92 Å². The van der Waals surface area contributed by atoms with E-state index >= 15 is 0 Å². The van der Waals surface area contributed by atoms with E-state index < -0.39 is 6.10 Å². The summed E-state index contributed by atoms with van der Waals surface area (Å²) < 4.78 is 0. The van der Waals surface area contributed by atoms with Gasteiger partial charge < -0.3 is 20.2 Å². The number of hydrogen-bond donors (Lipinski definition) is 2. The van der Waals surface area contributed by atoms with E-state index in [1.807, 2.05) is 32.0 Å². The average Bonchev–Trinajstić information content (AvgIpc) is 2.58. The lowest BCUT2D eigenvalue weighted by Gasteiger charge is -2.37. The van der Waals surface area contributed by atoms with Crippen LogP contribution in [0.25, 0.3) is 0 Å². The number of carbonyl (C=O) groups excluding carboxylic acids is 1. The molecule has 2 aliphatic rings. The first kappa shape index (κ1) is 17.0. The first-order chi connectivity index (χ1) is 11.5. The zero-order valence-corrected chi connectivity index (χ0v) is 14.6. The number of aryl methyl sites for hydroxylation is 1. The normalized spacial score (nSPS) is 25.6. The SMILES string of the molecule is Cc1cccc(N2CCC(NC(=O)N3CCC(C)C(O)C3)CC2)n1. The molecule has 2 aliphatic heterocycles. The lowest BCUT2D eigenvalue weighted by molar-refractivity contribution is 0.0428. The predicted octanol–water partition coefficient (Wildman–Crippen LogP) is 1.77. The number of likely N-dealkylation sites (tertiary alicyclic amines) is 1. The molecular formula is C18H28N4O2. The second-order valence-corrected chi connectivity index (χ2v) is 7.13. The van der Waals surface area contributed by atoms with Crippen LogP contribution in [0.2, 0.25) is 0 Å². The van der Waals surface area contributed by atoms with Gasteiger partial charge in [-0.15, -0.1) is 0 Å². The predicted molar refractivity (Wildman–Crippen MR) is 94.1 cm³/mol. The largest absolute Gasteiger partial charge is 0.391 e. The van der Waals surface area contributed by atoms with Crippen LogP contribution in [0, 0.1) is 12.8 Å². The van der Waals surface area contributed by atoms with Crippen LogP contribution >= 0.6 is 0 Å². The maximum Gasteiger partial charge on any atom is 0.317 e. The monoisotopic (exact) mass is 332 g/mol. The Bertz CT molecular complexity index is 572. The van der Waals surface area contributed by atoms with Gasteiger partial charge in [0.05, 0.1) is 6.10 Å². The van der Waals surface area contributed by atoms with E-state index in [2.05, 4.69) is 15.2 Å². The zero-order valence-electron chi connectivity index (χ0n) is 14.6. The van der Waals surface area contributed by atoms with E-state index in [4.69, 9.17) is 0 Å². The van der Waals surface area contributed by atoms with E-state index in [0.717, 1.165) is 50.4 Å². The molecule has 3 heterocycles. The fourth-order valence-corrected chi connectivity index (χ4v) is 3.46. The molecule has 2 fully saturated rings. The topological polar surface area (TPSA) is 68.7 Å². The van der Waals surface area contributed by atoms with Gasteiger partial charge in [-0.3, -0.25) is 0 Å². The molecule has 0 radical (unpaired) electrons. The van der Waals surface area contributed by atoms with Crippen molar-refractivity contribution in [1.29, 1.82) is 0 Å². The minimum atomic E-state index is -0.404. The number of nitrogens with zero attached hydrogens (tertiary/aromatic N) is 3. The molecule has 0 aliphatic carbocycles. The van der Waals surface area contributed by atoms with Gasteiger partial charge in [0.2, 0.25) is 0 Å². The van der Waals surface area contributed by atoms with Crippen LogP contribution in [-0.4, -0.2) is 59.3 Å². The van der Waals surface area contributed by atoms with Crippen molar-refractivity contribution in [2.45, 2.75) is 45.3 Å². The van der Waals surface area contributed by atoms with E-state index in [-0.39, 0.29) is 18.0 Å². The highest BCUT2D eigenvalue weighted by molar-refractivity contribution is 5.74. The minimum Gasteiger partial charge on any atom is -0.391 e. The number of aromatic nitrogens is 1. The van der Waals surface area contributed by atoms with Gasteiger partial charge in [0.15, 0.2) is 0 Å². The molecule has 6 nitrogen and oxygen atoms in total. The van der Waals surface area contributed by atoms with Crippen molar-refractivity contribution in [3.8, 4) is 0 Å². The molecule has 0 saturated carbocycles. The standard InChI is InChI=1S/C18H28N4O2/c1-13-6-9-22(12-16(13)23)18(24)20-15-7-10-21(11-8-15)17-5-3-4-14(2)19-17/h3-5,13,15-16,23H,6-12H2,1-2H3,(H,20,24). The number of carbonyl (C=O) groups is 1. The molecule has 132 valence electrons. The van der Waals surface area contributed by atoms with Crippen molar-refractivity contribution >= 4 is 11.8 Å². The smallest absolute Gasteiger partial charge is 0.317 e. The molecule has 0 spiro atoms. The average molecular weight is 332 g/mol.